The molecule has 6 nitrogen and oxygen atoms in total. The normalized spacial score (nSPS) is 12.3. The molecule has 0 N–H and O–H groups in total. The van der Waals surface area contributed by atoms with Gasteiger partial charge < -0.3 is 9.30 Å². The van der Waals surface area contributed by atoms with Gasteiger partial charge in [0.15, 0.2) is 0 Å². The molecule has 0 fully saturated rings. The largest absolute Gasteiger partial charge is 0.489 e. The minimum Gasteiger partial charge on any atom is -0.489 e. The second-order valence-electron chi connectivity index (χ2n) is 10.2. The van der Waals surface area contributed by atoms with E-state index in [-0.39, 0.29) is 11.5 Å². The van der Waals surface area contributed by atoms with Crippen molar-refractivity contribution in [3.05, 3.63) is 122 Å². The average molecular weight is 598 g/mol. The Morgan fingerprint density at radius 3 is 2.52 bits per heavy atom. The first kappa shape index (κ1) is 27.6. The van der Waals surface area contributed by atoms with Gasteiger partial charge >= 0.3 is 0 Å². The molecule has 7 heteroatoms. The highest BCUT2D eigenvalue weighted by atomic mass is 79.9. The van der Waals surface area contributed by atoms with Crippen molar-refractivity contribution in [2.75, 3.05) is 0 Å². The third-order valence-corrected chi connectivity index (χ3v) is 7.75. The van der Waals surface area contributed by atoms with E-state index in [2.05, 4.69) is 96.6 Å². The molecule has 2 heterocycles. The Labute approximate surface area is 243 Å². The van der Waals surface area contributed by atoms with E-state index in [1.807, 2.05) is 30.3 Å². The lowest BCUT2D eigenvalue weighted by Crippen LogP contribution is -2.23. The van der Waals surface area contributed by atoms with Crippen molar-refractivity contribution in [3.8, 4) is 11.4 Å². The van der Waals surface area contributed by atoms with Crippen molar-refractivity contribution >= 4 is 33.0 Å². The van der Waals surface area contributed by atoms with Crippen molar-refractivity contribution in [2.24, 2.45) is 5.10 Å². The fourth-order valence-corrected chi connectivity index (χ4v) is 5.24. The van der Waals surface area contributed by atoms with Gasteiger partial charge in [-0.3, -0.25) is 4.79 Å². The molecule has 0 aliphatic carbocycles. The summed E-state index contributed by atoms with van der Waals surface area (Å²) in [7, 11) is 0. The summed E-state index contributed by atoms with van der Waals surface area (Å²) in [5, 5.41) is 5.21. The Bertz CT molecular complexity index is 1770. The lowest BCUT2D eigenvalue weighted by atomic mass is 10.1. The number of ether oxygens (including phenoxy) is 1. The summed E-state index contributed by atoms with van der Waals surface area (Å²) in [6.07, 6.45) is 2.61. The van der Waals surface area contributed by atoms with Gasteiger partial charge in [0.1, 0.15) is 18.2 Å². The maximum atomic E-state index is 13.5. The van der Waals surface area contributed by atoms with Gasteiger partial charge in [-0.2, -0.15) is 9.78 Å². The van der Waals surface area contributed by atoms with Crippen LogP contribution in [0.15, 0.2) is 87.2 Å². The second-order valence-corrected chi connectivity index (χ2v) is 11.2. The highest BCUT2D eigenvalue weighted by Crippen LogP contribution is 2.24. The van der Waals surface area contributed by atoms with Crippen molar-refractivity contribution in [1.29, 1.82) is 0 Å². The number of benzene rings is 3. The van der Waals surface area contributed by atoms with Gasteiger partial charge in [0.2, 0.25) is 0 Å². The van der Waals surface area contributed by atoms with Crippen LogP contribution in [-0.2, 0) is 6.61 Å². The molecule has 40 heavy (non-hydrogen) atoms. The van der Waals surface area contributed by atoms with E-state index < -0.39 is 0 Å². The first-order chi connectivity index (χ1) is 19.2. The van der Waals surface area contributed by atoms with Gasteiger partial charge in [0, 0.05) is 33.0 Å². The molecule has 0 aliphatic heterocycles. The van der Waals surface area contributed by atoms with Crippen molar-refractivity contribution in [3.63, 3.8) is 0 Å². The summed E-state index contributed by atoms with van der Waals surface area (Å²) >= 11 is 3.47. The Kier molecular flexibility index (Phi) is 8.03. The predicted molar refractivity (Wildman–Crippen MR) is 166 cm³/mol. The lowest BCUT2D eigenvalue weighted by molar-refractivity contribution is 0.306. The van der Waals surface area contributed by atoms with Crippen molar-refractivity contribution < 1.29 is 4.74 Å². The molecule has 0 saturated heterocycles. The van der Waals surface area contributed by atoms with Crippen LogP contribution in [0, 0.1) is 20.8 Å². The van der Waals surface area contributed by atoms with Crippen LogP contribution in [-0.4, -0.2) is 20.4 Å². The molecule has 0 bridgehead atoms. The minimum atomic E-state index is -0.173. The number of rotatable bonds is 8. The van der Waals surface area contributed by atoms with Crippen molar-refractivity contribution in [2.45, 2.75) is 53.6 Å². The molecule has 0 unspecified atom stereocenters. The molecular formula is C33H33BrN4O2. The van der Waals surface area contributed by atoms with Crippen LogP contribution < -0.4 is 10.3 Å². The van der Waals surface area contributed by atoms with E-state index in [0.29, 0.717) is 23.3 Å². The summed E-state index contributed by atoms with van der Waals surface area (Å²) < 4.78 is 10.5. The number of halogens is 1. The molecule has 5 aromatic rings. The fraction of sp³-hybridized carbons (Fsp3) is 0.242. The highest BCUT2D eigenvalue weighted by Gasteiger charge is 2.16. The number of hydrogen-bond acceptors (Lipinski definition) is 4. The summed E-state index contributed by atoms with van der Waals surface area (Å²) in [6.45, 7) is 10.9. The van der Waals surface area contributed by atoms with Gasteiger partial charge in [-0.25, -0.2) is 4.98 Å². The SMILES string of the molecule is CC[C@@H](C)c1nc2ccc(Br)cc2c(=O)n1N=Cc1cc(C)n(-c2ccc(OCc3cccc(C)c3)cc2)c1C. The van der Waals surface area contributed by atoms with Crippen LogP contribution in [0.4, 0.5) is 0 Å². The molecule has 0 radical (unpaired) electrons. The van der Waals surface area contributed by atoms with E-state index in [1.54, 1.807) is 12.3 Å². The fourth-order valence-electron chi connectivity index (χ4n) is 4.87. The monoisotopic (exact) mass is 596 g/mol. The standard InChI is InChI=1S/C33H33BrN4O2/c1-6-22(3)32-36-31-15-10-27(34)18-30(31)33(39)38(32)35-19-26-17-23(4)37(24(26)5)28-11-13-29(14-12-28)40-20-25-9-7-8-21(2)16-25/h7-19,22H,6,20H2,1-5H3/t22-/m1/s1. The number of hydrogen-bond donors (Lipinski definition) is 0. The molecule has 0 amide bonds. The van der Waals surface area contributed by atoms with E-state index in [4.69, 9.17) is 9.72 Å². The first-order valence-corrected chi connectivity index (χ1v) is 14.3. The Morgan fingerprint density at radius 1 is 1.02 bits per heavy atom. The second kappa shape index (κ2) is 11.6. The summed E-state index contributed by atoms with van der Waals surface area (Å²) in [6, 6.07) is 24.1. The third-order valence-electron chi connectivity index (χ3n) is 7.25. The maximum absolute atomic E-state index is 13.5. The molecule has 5 rings (SSSR count). The van der Waals surface area contributed by atoms with Crippen LogP contribution >= 0.6 is 15.9 Å². The van der Waals surface area contributed by atoms with Gasteiger partial charge in [-0.1, -0.05) is 59.6 Å². The van der Waals surface area contributed by atoms with Crippen LogP contribution in [0.5, 0.6) is 5.75 Å². The summed E-state index contributed by atoms with van der Waals surface area (Å²) in [4.78, 5) is 18.3. The molecule has 0 aliphatic rings. The molecule has 3 aromatic carbocycles. The Hall–Kier alpha value is -3.97. The van der Waals surface area contributed by atoms with Crippen molar-refractivity contribution in [1.82, 2.24) is 14.2 Å². The smallest absolute Gasteiger partial charge is 0.282 e. The average Bonchev–Trinajstić information content (AvgIpc) is 3.23. The molecule has 0 saturated carbocycles. The van der Waals surface area contributed by atoms with Crippen LogP contribution in [0.2, 0.25) is 0 Å². The lowest BCUT2D eigenvalue weighted by Gasteiger charge is -2.14. The molecule has 1 atom stereocenters. The number of aromatic nitrogens is 3. The Balaban J connectivity index is 1.43. The highest BCUT2D eigenvalue weighted by molar-refractivity contribution is 9.10. The predicted octanol–water partition coefficient (Wildman–Crippen LogP) is 7.85. The maximum Gasteiger partial charge on any atom is 0.282 e. The number of fused-ring (bicyclic) bond motifs is 1. The Morgan fingerprint density at radius 2 is 1.80 bits per heavy atom. The van der Waals surface area contributed by atoms with Crippen LogP contribution in [0.1, 0.15) is 60.1 Å². The molecule has 0 spiro atoms. The molecular weight excluding hydrogens is 564 g/mol. The minimum absolute atomic E-state index is 0.0805. The topological polar surface area (TPSA) is 61.4 Å². The van der Waals surface area contributed by atoms with Gasteiger partial charge in [0.25, 0.3) is 5.56 Å². The van der Waals surface area contributed by atoms with E-state index in [0.717, 1.165) is 44.8 Å². The quantitative estimate of drug-likeness (QED) is 0.171. The summed E-state index contributed by atoms with van der Waals surface area (Å²) in [5.74, 6) is 1.56. The third kappa shape index (κ3) is 5.65. The summed E-state index contributed by atoms with van der Waals surface area (Å²) in [5.41, 5.74) is 6.95. The van der Waals surface area contributed by atoms with Gasteiger partial charge in [-0.15, -0.1) is 0 Å². The van der Waals surface area contributed by atoms with Gasteiger partial charge in [-0.05, 0) is 81.3 Å². The number of aryl methyl sites for hydroxylation is 2. The zero-order valence-corrected chi connectivity index (χ0v) is 25.1. The van der Waals surface area contributed by atoms with Gasteiger partial charge in [0.05, 0.1) is 17.1 Å². The zero-order chi connectivity index (χ0) is 28.4. The van der Waals surface area contributed by atoms with E-state index >= 15 is 0 Å². The van der Waals surface area contributed by atoms with E-state index in [1.165, 1.54) is 10.2 Å². The molecule has 204 valence electrons. The molecule has 2 aromatic heterocycles. The first-order valence-electron chi connectivity index (χ1n) is 13.5. The number of nitrogens with zero attached hydrogens (tertiary/aromatic N) is 4. The van der Waals surface area contributed by atoms with E-state index in [9.17, 15) is 4.79 Å². The zero-order valence-electron chi connectivity index (χ0n) is 23.5. The van der Waals surface area contributed by atoms with Crippen LogP contribution in [0.3, 0.4) is 0 Å². The van der Waals surface area contributed by atoms with Crippen LogP contribution in [0.25, 0.3) is 16.6 Å².